The second-order valence-electron chi connectivity index (χ2n) is 8.46. The SMILES string of the molecule is CCS(=O)C1CCCC(NC(=NC)NCc2cccc(CN3CCOC(C)C3)c2)C1.I. The van der Waals surface area contributed by atoms with Crippen molar-refractivity contribution in [2.24, 2.45) is 4.99 Å². The molecule has 176 valence electrons. The molecule has 0 aromatic heterocycles. The largest absolute Gasteiger partial charge is 0.376 e. The first-order valence-electron chi connectivity index (χ1n) is 11.3. The first kappa shape index (κ1) is 26.5. The molecule has 2 N–H and O–H groups in total. The molecular formula is C23H39IN4O2S. The fraction of sp³-hybridized carbons (Fsp3) is 0.696. The lowest BCUT2D eigenvalue weighted by Gasteiger charge is -2.31. The Balaban J connectivity index is 0.00000341. The monoisotopic (exact) mass is 562 g/mol. The molecule has 1 saturated heterocycles. The number of ether oxygens (including phenoxy) is 1. The van der Waals surface area contributed by atoms with Crippen LogP contribution < -0.4 is 10.6 Å². The topological polar surface area (TPSA) is 66.0 Å². The van der Waals surface area contributed by atoms with Crippen LogP contribution in [0.5, 0.6) is 0 Å². The van der Waals surface area contributed by atoms with Gasteiger partial charge in [0.15, 0.2) is 5.96 Å². The summed E-state index contributed by atoms with van der Waals surface area (Å²) >= 11 is 0. The molecule has 6 nitrogen and oxygen atoms in total. The van der Waals surface area contributed by atoms with Gasteiger partial charge >= 0.3 is 0 Å². The molecule has 0 radical (unpaired) electrons. The maximum Gasteiger partial charge on any atom is 0.191 e. The predicted molar refractivity (Wildman–Crippen MR) is 141 cm³/mol. The second kappa shape index (κ2) is 13.7. The average Bonchev–Trinajstić information content (AvgIpc) is 2.76. The average molecular weight is 563 g/mol. The van der Waals surface area contributed by atoms with Crippen LogP contribution in [-0.4, -0.2) is 65.0 Å². The molecule has 1 heterocycles. The zero-order chi connectivity index (χ0) is 21.3. The third-order valence-electron chi connectivity index (χ3n) is 6.03. The third-order valence-corrected chi connectivity index (χ3v) is 7.77. The Kier molecular flexibility index (Phi) is 11.8. The van der Waals surface area contributed by atoms with Crippen molar-refractivity contribution >= 4 is 40.7 Å². The highest BCUT2D eigenvalue weighted by Gasteiger charge is 2.26. The Bertz CT molecular complexity index is 733. The van der Waals surface area contributed by atoms with Gasteiger partial charge in [0.05, 0.1) is 12.7 Å². The van der Waals surface area contributed by atoms with Gasteiger partial charge in [-0.2, -0.15) is 0 Å². The molecule has 1 aliphatic heterocycles. The quantitative estimate of drug-likeness (QED) is 0.304. The van der Waals surface area contributed by atoms with Gasteiger partial charge in [0.25, 0.3) is 0 Å². The minimum atomic E-state index is -0.705. The number of hydrogen-bond donors (Lipinski definition) is 2. The smallest absolute Gasteiger partial charge is 0.191 e. The third kappa shape index (κ3) is 8.63. The van der Waals surface area contributed by atoms with Crippen LogP contribution >= 0.6 is 24.0 Å². The van der Waals surface area contributed by atoms with Gasteiger partial charge in [-0.3, -0.25) is 14.1 Å². The summed E-state index contributed by atoms with van der Waals surface area (Å²) in [6.45, 7) is 8.66. The van der Waals surface area contributed by atoms with Crippen LogP contribution in [0.25, 0.3) is 0 Å². The first-order chi connectivity index (χ1) is 14.6. The van der Waals surface area contributed by atoms with Gasteiger partial charge in [-0.1, -0.05) is 37.6 Å². The molecule has 0 amide bonds. The summed E-state index contributed by atoms with van der Waals surface area (Å²) in [5.74, 6) is 1.58. The molecule has 0 bridgehead atoms. The van der Waals surface area contributed by atoms with E-state index < -0.39 is 10.8 Å². The normalized spacial score (nSPS) is 26.0. The molecule has 2 fully saturated rings. The Labute approximate surface area is 207 Å². The molecule has 8 heteroatoms. The molecule has 4 atom stereocenters. The predicted octanol–water partition coefficient (Wildman–Crippen LogP) is 3.27. The van der Waals surface area contributed by atoms with Crippen molar-refractivity contribution in [2.45, 2.75) is 70.0 Å². The summed E-state index contributed by atoms with van der Waals surface area (Å²) in [5.41, 5.74) is 2.59. The van der Waals surface area contributed by atoms with Gasteiger partial charge in [-0.15, -0.1) is 24.0 Å². The van der Waals surface area contributed by atoms with Crippen LogP contribution in [0.1, 0.15) is 50.7 Å². The number of morpholine rings is 1. The zero-order valence-electron chi connectivity index (χ0n) is 19.1. The molecule has 1 aromatic carbocycles. The number of benzene rings is 1. The number of guanidine groups is 1. The molecule has 2 aliphatic rings. The molecule has 1 saturated carbocycles. The van der Waals surface area contributed by atoms with E-state index in [1.165, 1.54) is 11.1 Å². The first-order valence-corrected chi connectivity index (χ1v) is 12.7. The molecule has 31 heavy (non-hydrogen) atoms. The summed E-state index contributed by atoms with van der Waals surface area (Å²) in [7, 11) is 1.11. The van der Waals surface area contributed by atoms with Crippen molar-refractivity contribution in [3.63, 3.8) is 0 Å². The van der Waals surface area contributed by atoms with E-state index in [1.807, 2.05) is 14.0 Å². The van der Waals surface area contributed by atoms with Crippen molar-refractivity contribution < 1.29 is 8.95 Å². The fourth-order valence-electron chi connectivity index (χ4n) is 4.45. The highest BCUT2D eigenvalue weighted by atomic mass is 127. The van der Waals surface area contributed by atoms with Crippen LogP contribution in [0.3, 0.4) is 0 Å². The lowest BCUT2D eigenvalue weighted by Crippen LogP contribution is -2.46. The zero-order valence-corrected chi connectivity index (χ0v) is 22.3. The van der Waals surface area contributed by atoms with Gasteiger partial charge < -0.3 is 15.4 Å². The van der Waals surface area contributed by atoms with Crippen molar-refractivity contribution in [3.8, 4) is 0 Å². The van der Waals surface area contributed by atoms with E-state index in [0.717, 1.165) is 70.2 Å². The van der Waals surface area contributed by atoms with E-state index in [9.17, 15) is 4.21 Å². The van der Waals surface area contributed by atoms with E-state index >= 15 is 0 Å². The summed E-state index contributed by atoms with van der Waals surface area (Å²) in [5, 5.41) is 7.33. The van der Waals surface area contributed by atoms with Crippen molar-refractivity contribution in [3.05, 3.63) is 35.4 Å². The lowest BCUT2D eigenvalue weighted by molar-refractivity contribution is -0.0212. The van der Waals surface area contributed by atoms with Crippen LogP contribution in [0.2, 0.25) is 0 Å². The second-order valence-corrected chi connectivity index (χ2v) is 10.5. The maximum atomic E-state index is 12.2. The molecule has 4 unspecified atom stereocenters. The Morgan fingerprint density at radius 1 is 1.32 bits per heavy atom. The molecular weight excluding hydrogens is 523 g/mol. The van der Waals surface area contributed by atoms with Crippen molar-refractivity contribution in [1.82, 2.24) is 15.5 Å². The number of halogens is 1. The van der Waals surface area contributed by atoms with Crippen LogP contribution in [0, 0.1) is 0 Å². The maximum absolute atomic E-state index is 12.2. The summed E-state index contributed by atoms with van der Waals surface area (Å²) in [6, 6.07) is 9.12. The lowest BCUT2D eigenvalue weighted by atomic mass is 9.95. The van der Waals surface area contributed by atoms with E-state index in [2.05, 4.69) is 51.7 Å². The molecule has 1 aromatic rings. The van der Waals surface area contributed by atoms with E-state index in [-0.39, 0.29) is 24.0 Å². The number of nitrogens with one attached hydrogen (secondary N) is 2. The van der Waals surface area contributed by atoms with Gasteiger partial charge in [0, 0.05) is 61.1 Å². The molecule has 3 rings (SSSR count). The van der Waals surface area contributed by atoms with Crippen molar-refractivity contribution in [2.75, 3.05) is 32.5 Å². The number of rotatable bonds is 7. The van der Waals surface area contributed by atoms with E-state index in [1.54, 1.807) is 0 Å². The standard InChI is InChI=1S/C23H38N4O2S.HI/c1-4-30(28)22-10-6-9-21(14-22)26-23(24-3)25-15-19-7-5-8-20(13-19)17-27-11-12-29-18(2)16-27;/h5,7-8,13,18,21-22H,4,6,9-12,14-17H2,1-3H3,(H2,24,25,26);1H. The van der Waals surface area contributed by atoms with E-state index in [4.69, 9.17) is 4.74 Å². The molecule has 0 spiro atoms. The van der Waals surface area contributed by atoms with Gasteiger partial charge in [0.2, 0.25) is 0 Å². The fourth-order valence-corrected chi connectivity index (χ4v) is 5.80. The Hall–Kier alpha value is -0.710. The number of aliphatic imine (C=N–C) groups is 1. The van der Waals surface area contributed by atoms with Crippen LogP contribution in [0.4, 0.5) is 0 Å². The van der Waals surface area contributed by atoms with Crippen molar-refractivity contribution in [1.29, 1.82) is 0 Å². The number of nitrogens with zero attached hydrogens (tertiary/aromatic N) is 2. The van der Waals surface area contributed by atoms with Gasteiger partial charge in [-0.05, 0) is 37.3 Å². The summed E-state index contributed by atoms with van der Waals surface area (Å²) in [6.07, 6.45) is 4.61. The highest BCUT2D eigenvalue weighted by Crippen LogP contribution is 2.23. The Morgan fingerprint density at radius 2 is 2.13 bits per heavy atom. The van der Waals surface area contributed by atoms with E-state index in [0.29, 0.717) is 17.4 Å². The highest BCUT2D eigenvalue weighted by molar-refractivity contribution is 14.0. The summed E-state index contributed by atoms with van der Waals surface area (Å²) < 4.78 is 17.8. The van der Waals surface area contributed by atoms with Gasteiger partial charge in [0.1, 0.15) is 0 Å². The molecule has 1 aliphatic carbocycles. The minimum Gasteiger partial charge on any atom is -0.376 e. The summed E-state index contributed by atoms with van der Waals surface area (Å²) in [4.78, 5) is 6.87. The van der Waals surface area contributed by atoms with Crippen LogP contribution in [0.15, 0.2) is 29.3 Å². The minimum absolute atomic E-state index is 0. The number of hydrogen-bond acceptors (Lipinski definition) is 4. The van der Waals surface area contributed by atoms with Crippen LogP contribution in [-0.2, 0) is 28.6 Å². The Morgan fingerprint density at radius 3 is 2.87 bits per heavy atom. The van der Waals surface area contributed by atoms with Gasteiger partial charge in [-0.25, -0.2) is 0 Å².